The minimum atomic E-state index is -0.357. The van der Waals surface area contributed by atoms with Crippen LogP contribution in [-0.2, 0) is 4.74 Å². The zero-order chi connectivity index (χ0) is 14.5. The first-order valence-electron chi connectivity index (χ1n) is 6.44. The third kappa shape index (κ3) is 3.14. The van der Waals surface area contributed by atoms with E-state index in [1.54, 1.807) is 12.1 Å². The second kappa shape index (κ2) is 6.28. The van der Waals surface area contributed by atoms with Gasteiger partial charge >= 0.3 is 5.97 Å². The molecule has 1 aromatic heterocycles. The maximum absolute atomic E-state index is 12.1. The van der Waals surface area contributed by atoms with E-state index in [0.717, 1.165) is 10.3 Å². The van der Waals surface area contributed by atoms with E-state index in [9.17, 15) is 4.79 Å². The number of ether oxygens (including phenoxy) is 1. The monoisotopic (exact) mass is 296 g/mol. The highest BCUT2D eigenvalue weighted by atomic mass is 32.1. The lowest BCUT2D eigenvalue weighted by molar-refractivity contribution is 0.0552. The van der Waals surface area contributed by atoms with Crippen LogP contribution in [0, 0.1) is 0 Å². The lowest BCUT2D eigenvalue weighted by Crippen LogP contribution is -2.05. The Bertz CT molecular complexity index is 781. The first-order valence-corrected chi connectivity index (χ1v) is 7.22. The average Bonchev–Trinajstić information content (AvgIpc) is 3.01. The van der Waals surface area contributed by atoms with Gasteiger partial charge in [0, 0.05) is 0 Å². The second-order valence-corrected chi connectivity index (χ2v) is 5.09. The molecule has 0 saturated heterocycles. The van der Waals surface area contributed by atoms with Gasteiger partial charge in [-0.25, -0.2) is 4.79 Å². The fraction of sp³-hybridized carbons (Fsp3) is 0.0625. The van der Waals surface area contributed by atoms with Crippen molar-refractivity contribution in [3.63, 3.8) is 0 Å². The summed E-state index contributed by atoms with van der Waals surface area (Å²) in [6, 6.07) is 15.2. The summed E-state index contributed by atoms with van der Waals surface area (Å²) < 4.78 is 9.86. The van der Waals surface area contributed by atoms with E-state index in [-0.39, 0.29) is 12.6 Å². The zero-order valence-corrected chi connectivity index (χ0v) is 11.9. The maximum atomic E-state index is 12.1. The molecule has 104 valence electrons. The molecule has 2 aromatic carbocycles. The number of fused-ring (bicyclic) bond motifs is 1. The summed E-state index contributed by atoms with van der Waals surface area (Å²) in [5.41, 5.74) is 2.30. The third-order valence-corrected chi connectivity index (χ3v) is 3.69. The first kappa shape index (κ1) is 13.5. The molecule has 4 nitrogen and oxygen atoms in total. The van der Waals surface area contributed by atoms with Crippen LogP contribution in [0.2, 0.25) is 0 Å². The van der Waals surface area contributed by atoms with Crippen LogP contribution < -0.4 is 0 Å². The predicted octanol–water partition coefficient (Wildman–Crippen LogP) is 3.56. The molecule has 0 aliphatic heterocycles. The predicted molar refractivity (Wildman–Crippen MR) is 83.2 cm³/mol. The molecule has 0 bridgehead atoms. The molecule has 0 unspecified atom stereocenters. The lowest BCUT2D eigenvalue weighted by atomic mass is 10.2. The highest BCUT2D eigenvalue weighted by molar-refractivity contribution is 7.13. The van der Waals surface area contributed by atoms with Gasteiger partial charge in [0.05, 0.1) is 10.3 Å². The molecule has 0 saturated carbocycles. The third-order valence-electron chi connectivity index (χ3n) is 2.92. The Balaban J connectivity index is 1.65. The van der Waals surface area contributed by atoms with E-state index in [4.69, 9.17) is 4.74 Å². The molecule has 0 aliphatic rings. The summed E-state index contributed by atoms with van der Waals surface area (Å²) in [6.45, 7) is 0.232. The molecule has 0 amide bonds. The Morgan fingerprint density at radius 3 is 2.86 bits per heavy atom. The number of hydrogen-bond acceptors (Lipinski definition) is 5. The van der Waals surface area contributed by atoms with Gasteiger partial charge in [-0.2, -0.15) is 0 Å². The van der Waals surface area contributed by atoms with Crippen molar-refractivity contribution in [2.24, 2.45) is 0 Å². The van der Waals surface area contributed by atoms with Crippen molar-refractivity contribution in [2.45, 2.75) is 0 Å². The Hall–Kier alpha value is -2.53. The van der Waals surface area contributed by atoms with Gasteiger partial charge in [-0.05, 0) is 35.3 Å². The van der Waals surface area contributed by atoms with E-state index < -0.39 is 0 Å². The molecule has 0 aliphatic carbocycles. The van der Waals surface area contributed by atoms with Crippen LogP contribution in [0.1, 0.15) is 15.9 Å². The van der Waals surface area contributed by atoms with Crippen molar-refractivity contribution < 1.29 is 9.53 Å². The molecule has 0 atom stereocenters. The Morgan fingerprint density at radius 2 is 2.00 bits per heavy atom. The average molecular weight is 296 g/mol. The second-order valence-electron chi connectivity index (χ2n) is 4.34. The quantitative estimate of drug-likeness (QED) is 0.691. The molecule has 3 rings (SSSR count). The molecule has 0 radical (unpaired) electrons. The fourth-order valence-corrected chi connectivity index (χ4v) is 2.58. The molecule has 0 N–H and O–H groups in total. The smallest absolute Gasteiger partial charge is 0.340 e. The number of benzene rings is 2. The lowest BCUT2D eigenvalue weighted by Gasteiger charge is -2.02. The summed E-state index contributed by atoms with van der Waals surface area (Å²) in [5.74, 6) is -0.357. The van der Waals surface area contributed by atoms with Crippen LogP contribution in [0.4, 0.5) is 0 Å². The topological polar surface area (TPSA) is 52.1 Å². The van der Waals surface area contributed by atoms with Crippen LogP contribution >= 0.6 is 11.5 Å². The minimum absolute atomic E-state index is 0.232. The first-order chi connectivity index (χ1) is 10.3. The van der Waals surface area contributed by atoms with Gasteiger partial charge in [-0.1, -0.05) is 47.0 Å². The number of aromatic nitrogens is 2. The van der Waals surface area contributed by atoms with Gasteiger partial charge in [-0.15, -0.1) is 5.10 Å². The number of nitrogens with zero attached hydrogens (tertiary/aromatic N) is 2. The van der Waals surface area contributed by atoms with Gasteiger partial charge in [0.1, 0.15) is 12.1 Å². The van der Waals surface area contributed by atoms with Gasteiger partial charge in [0.2, 0.25) is 0 Å². The number of rotatable bonds is 4. The van der Waals surface area contributed by atoms with E-state index in [0.29, 0.717) is 11.1 Å². The highest BCUT2D eigenvalue weighted by Gasteiger charge is 2.12. The largest absolute Gasteiger partial charge is 0.458 e. The summed E-state index contributed by atoms with van der Waals surface area (Å²) in [6.07, 6.45) is 3.74. The molecule has 5 heteroatoms. The Morgan fingerprint density at radius 1 is 1.14 bits per heavy atom. The summed E-state index contributed by atoms with van der Waals surface area (Å²) in [7, 11) is 0. The summed E-state index contributed by atoms with van der Waals surface area (Å²) in [5, 5.41) is 3.94. The molecule has 1 heterocycles. The van der Waals surface area contributed by atoms with Crippen molar-refractivity contribution in [2.75, 3.05) is 6.61 Å². The van der Waals surface area contributed by atoms with Crippen LogP contribution in [0.5, 0.6) is 0 Å². The molecule has 0 spiro atoms. The Kier molecular flexibility index (Phi) is 4.02. The maximum Gasteiger partial charge on any atom is 0.340 e. The molecule has 21 heavy (non-hydrogen) atoms. The fourth-order valence-electron chi connectivity index (χ4n) is 1.92. The standard InChI is InChI=1S/C16H12N2O2S/c19-16(13-9-4-10-14-15(13)21-18-17-14)20-11-5-8-12-6-2-1-3-7-12/h1-10H,11H2. The zero-order valence-electron chi connectivity index (χ0n) is 11.1. The van der Waals surface area contributed by atoms with E-state index in [1.807, 2.05) is 48.6 Å². The van der Waals surface area contributed by atoms with Crippen LogP contribution in [-0.4, -0.2) is 22.2 Å². The van der Waals surface area contributed by atoms with Crippen LogP contribution in [0.25, 0.3) is 16.3 Å². The van der Waals surface area contributed by atoms with Gasteiger partial charge in [-0.3, -0.25) is 0 Å². The van der Waals surface area contributed by atoms with Gasteiger partial charge < -0.3 is 4.74 Å². The van der Waals surface area contributed by atoms with Gasteiger partial charge in [0.25, 0.3) is 0 Å². The summed E-state index contributed by atoms with van der Waals surface area (Å²) in [4.78, 5) is 12.1. The number of carbonyl (C=O) groups is 1. The minimum Gasteiger partial charge on any atom is -0.458 e. The van der Waals surface area contributed by atoms with Crippen LogP contribution in [0.3, 0.4) is 0 Å². The van der Waals surface area contributed by atoms with Crippen molar-refractivity contribution >= 4 is 33.8 Å². The normalized spacial score (nSPS) is 11.0. The van der Waals surface area contributed by atoms with E-state index in [2.05, 4.69) is 9.59 Å². The van der Waals surface area contributed by atoms with Crippen molar-refractivity contribution in [1.82, 2.24) is 9.59 Å². The van der Waals surface area contributed by atoms with Gasteiger partial charge in [0.15, 0.2) is 0 Å². The summed E-state index contributed by atoms with van der Waals surface area (Å²) >= 11 is 1.20. The van der Waals surface area contributed by atoms with Crippen LogP contribution in [0.15, 0.2) is 54.6 Å². The SMILES string of the molecule is O=C(OCC=Cc1ccccc1)c1cccc2nnsc12. The number of esters is 1. The number of carbonyl (C=O) groups excluding carboxylic acids is 1. The molecule has 3 aromatic rings. The number of hydrogen-bond donors (Lipinski definition) is 0. The van der Waals surface area contributed by atoms with Crippen molar-refractivity contribution in [3.05, 3.63) is 65.7 Å². The van der Waals surface area contributed by atoms with E-state index in [1.165, 1.54) is 11.5 Å². The molecular weight excluding hydrogens is 284 g/mol. The van der Waals surface area contributed by atoms with Crippen molar-refractivity contribution in [3.8, 4) is 0 Å². The highest BCUT2D eigenvalue weighted by Crippen LogP contribution is 2.20. The molecular formula is C16H12N2O2S. The Labute approximate surface area is 125 Å². The van der Waals surface area contributed by atoms with Crippen molar-refractivity contribution in [1.29, 1.82) is 0 Å². The molecule has 0 fully saturated rings. The van der Waals surface area contributed by atoms with E-state index >= 15 is 0 Å².